The Morgan fingerprint density at radius 2 is 2.20 bits per heavy atom. The minimum absolute atomic E-state index is 0.319. The summed E-state index contributed by atoms with van der Waals surface area (Å²) >= 11 is 0. The molecule has 3 rings (SSSR count). The lowest BCUT2D eigenvalue weighted by molar-refractivity contribution is 0.413. The second-order valence-electron chi connectivity index (χ2n) is 4.40. The van der Waals surface area contributed by atoms with Crippen LogP contribution in [0.25, 0.3) is 5.65 Å². The van der Waals surface area contributed by atoms with E-state index in [0.717, 1.165) is 17.0 Å². The van der Waals surface area contributed by atoms with Gasteiger partial charge in [-0.3, -0.25) is 0 Å². The van der Waals surface area contributed by atoms with E-state index in [2.05, 4.69) is 10.3 Å². The topological polar surface area (TPSA) is 38.6 Å². The second kappa shape index (κ2) is 5.21. The zero-order valence-electron chi connectivity index (χ0n) is 11.0. The first-order valence-corrected chi connectivity index (χ1v) is 6.26. The van der Waals surface area contributed by atoms with E-state index >= 15 is 0 Å². The van der Waals surface area contributed by atoms with Gasteiger partial charge in [-0.25, -0.2) is 9.37 Å². The predicted octanol–water partition coefficient (Wildman–Crippen LogP) is 3.09. The van der Waals surface area contributed by atoms with Gasteiger partial charge < -0.3 is 14.5 Å². The minimum atomic E-state index is -0.319. The molecular weight excluding hydrogens is 257 g/mol. The fourth-order valence-electron chi connectivity index (χ4n) is 2.07. The molecule has 20 heavy (non-hydrogen) atoms. The largest absolute Gasteiger partial charge is 0.494 e. The SMILES string of the molecule is COc1cc(F)ccc1NCc1cn2ccccc2n1. The van der Waals surface area contributed by atoms with Crippen LogP contribution in [0.3, 0.4) is 0 Å². The summed E-state index contributed by atoms with van der Waals surface area (Å²) < 4.78 is 20.2. The monoisotopic (exact) mass is 271 g/mol. The highest BCUT2D eigenvalue weighted by Crippen LogP contribution is 2.25. The number of aromatic nitrogens is 2. The van der Waals surface area contributed by atoms with E-state index in [9.17, 15) is 4.39 Å². The Hall–Kier alpha value is -2.56. The van der Waals surface area contributed by atoms with Crippen LogP contribution in [0.4, 0.5) is 10.1 Å². The molecule has 3 aromatic rings. The molecule has 0 unspecified atom stereocenters. The first-order valence-electron chi connectivity index (χ1n) is 6.26. The lowest BCUT2D eigenvalue weighted by atomic mass is 10.2. The van der Waals surface area contributed by atoms with Gasteiger partial charge in [0.15, 0.2) is 0 Å². The lowest BCUT2D eigenvalue weighted by Gasteiger charge is -2.09. The Bertz CT molecular complexity index is 706. The van der Waals surface area contributed by atoms with Crippen LogP contribution in [-0.4, -0.2) is 16.5 Å². The maximum atomic E-state index is 13.1. The van der Waals surface area contributed by atoms with Gasteiger partial charge in [0, 0.05) is 18.5 Å². The van der Waals surface area contributed by atoms with Crippen LogP contribution >= 0.6 is 0 Å². The van der Waals surface area contributed by atoms with E-state index in [1.165, 1.54) is 19.2 Å². The summed E-state index contributed by atoms with van der Waals surface area (Å²) in [6.45, 7) is 0.545. The van der Waals surface area contributed by atoms with Gasteiger partial charge in [-0.2, -0.15) is 0 Å². The third-order valence-electron chi connectivity index (χ3n) is 3.04. The van der Waals surface area contributed by atoms with Crippen molar-refractivity contribution in [2.24, 2.45) is 0 Å². The summed E-state index contributed by atoms with van der Waals surface area (Å²) in [7, 11) is 1.52. The highest BCUT2D eigenvalue weighted by molar-refractivity contribution is 5.56. The standard InChI is InChI=1S/C15H14FN3O/c1-20-14-8-11(16)5-6-13(14)17-9-12-10-19-7-3-2-4-15(19)18-12/h2-8,10,17H,9H2,1H3. The molecule has 0 aliphatic carbocycles. The summed E-state index contributed by atoms with van der Waals surface area (Å²) in [5.74, 6) is 0.161. The quantitative estimate of drug-likeness (QED) is 0.792. The fraction of sp³-hybridized carbons (Fsp3) is 0.133. The summed E-state index contributed by atoms with van der Waals surface area (Å²) in [4.78, 5) is 4.49. The Morgan fingerprint density at radius 3 is 3.00 bits per heavy atom. The first-order chi connectivity index (χ1) is 9.76. The van der Waals surface area contributed by atoms with Crippen molar-refractivity contribution >= 4 is 11.3 Å². The number of methoxy groups -OCH3 is 1. The van der Waals surface area contributed by atoms with Gasteiger partial charge in [0.2, 0.25) is 0 Å². The van der Waals surface area contributed by atoms with Crippen molar-refractivity contribution in [1.82, 2.24) is 9.38 Å². The molecule has 0 radical (unpaired) electrons. The first kappa shape index (κ1) is 12.5. The lowest BCUT2D eigenvalue weighted by Crippen LogP contribution is -2.01. The molecule has 0 saturated carbocycles. The Kier molecular flexibility index (Phi) is 3.25. The molecule has 102 valence electrons. The highest BCUT2D eigenvalue weighted by Gasteiger charge is 2.06. The van der Waals surface area contributed by atoms with E-state index in [-0.39, 0.29) is 5.82 Å². The number of halogens is 1. The van der Waals surface area contributed by atoms with Crippen LogP contribution < -0.4 is 10.1 Å². The number of benzene rings is 1. The van der Waals surface area contributed by atoms with Crippen LogP contribution in [-0.2, 0) is 6.54 Å². The molecular formula is C15H14FN3O. The maximum absolute atomic E-state index is 13.1. The number of hydrogen-bond donors (Lipinski definition) is 1. The number of hydrogen-bond acceptors (Lipinski definition) is 3. The van der Waals surface area contributed by atoms with Crippen LogP contribution in [0.2, 0.25) is 0 Å². The molecule has 0 aliphatic heterocycles. The number of nitrogens with zero attached hydrogens (tertiary/aromatic N) is 2. The van der Waals surface area contributed by atoms with E-state index in [4.69, 9.17) is 4.74 Å². The molecule has 0 bridgehead atoms. The number of ether oxygens (including phenoxy) is 1. The average Bonchev–Trinajstić information content (AvgIpc) is 2.88. The third-order valence-corrected chi connectivity index (χ3v) is 3.04. The smallest absolute Gasteiger partial charge is 0.144 e. The Balaban J connectivity index is 1.79. The Morgan fingerprint density at radius 1 is 1.30 bits per heavy atom. The molecule has 2 heterocycles. The summed E-state index contributed by atoms with van der Waals surface area (Å²) in [5.41, 5.74) is 2.55. The normalized spacial score (nSPS) is 10.7. The van der Waals surface area contributed by atoms with Crippen LogP contribution in [0, 0.1) is 5.82 Å². The van der Waals surface area contributed by atoms with E-state index in [1.807, 2.05) is 35.0 Å². The molecule has 0 amide bonds. The van der Waals surface area contributed by atoms with Crippen molar-refractivity contribution in [3.63, 3.8) is 0 Å². The average molecular weight is 271 g/mol. The molecule has 0 spiro atoms. The van der Waals surface area contributed by atoms with Crippen molar-refractivity contribution in [3.05, 3.63) is 60.3 Å². The molecule has 0 aliphatic rings. The zero-order valence-corrected chi connectivity index (χ0v) is 11.0. The number of pyridine rings is 1. The maximum Gasteiger partial charge on any atom is 0.144 e. The van der Waals surface area contributed by atoms with Crippen molar-refractivity contribution in [2.45, 2.75) is 6.54 Å². The molecule has 4 nitrogen and oxygen atoms in total. The highest BCUT2D eigenvalue weighted by atomic mass is 19.1. The number of anilines is 1. The van der Waals surface area contributed by atoms with Gasteiger partial charge >= 0.3 is 0 Å². The summed E-state index contributed by atoms with van der Waals surface area (Å²) in [6.07, 6.45) is 3.91. The molecule has 0 atom stereocenters. The van der Waals surface area contributed by atoms with Crippen molar-refractivity contribution in [1.29, 1.82) is 0 Å². The molecule has 1 aromatic carbocycles. The fourth-order valence-corrected chi connectivity index (χ4v) is 2.07. The van der Waals surface area contributed by atoms with Gasteiger partial charge in [0.1, 0.15) is 17.2 Å². The van der Waals surface area contributed by atoms with Crippen molar-refractivity contribution in [3.8, 4) is 5.75 Å². The third kappa shape index (κ3) is 2.42. The summed E-state index contributed by atoms with van der Waals surface area (Å²) in [6, 6.07) is 10.3. The van der Waals surface area contributed by atoms with Gasteiger partial charge in [-0.15, -0.1) is 0 Å². The number of fused-ring (bicyclic) bond motifs is 1. The van der Waals surface area contributed by atoms with E-state index < -0.39 is 0 Å². The van der Waals surface area contributed by atoms with Crippen molar-refractivity contribution < 1.29 is 9.13 Å². The van der Waals surface area contributed by atoms with Crippen molar-refractivity contribution in [2.75, 3.05) is 12.4 Å². The number of nitrogens with one attached hydrogen (secondary N) is 1. The molecule has 1 N–H and O–H groups in total. The van der Waals surface area contributed by atoms with Gasteiger partial charge in [0.05, 0.1) is 25.0 Å². The second-order valence-corrected chi connectivity index (χ2v) is 4.40. The zero-order chi connectivity index (χ0) is 13.9. The van der Waals surface area contributed by atoms with Crippen LogP contribution in [0.5, 0.6) is 5.75 Å². The van der Waals surface area contributed by atoms with E-state index in [1.54, 1.807) is 6.07 Å². The van der Waals surface area contributed by atoms with Crippen LogP contribution in [0.1, 0.15) is 5.69 Å². The van der Waals surface area contributed by atoms with Crippen LogP contribution in [0.15, 0.2) is 48.8 Å². The number of imidazole rings is 1. The predicted molar refractivity (Wildman–Crippen MR) is 75.5 cm³/mol. The number of rotatable bonds is 4. The summed E-state index contributed by atoms with van der Waals surface area (Å²) in [5, 5.41) is 3.20. The van der Waals surface area contributed by atoms with Gasteiger partial charge in [-0.05, 0) is 24.3 Å². The molecule has 2 aromatic heterocycles. The molecule has 0 saturated heterocycles. The minimum Gasteiger partial charge on any atom is -0.494 e. The Labute approximate surface area is 115 Å². The van der Waals surface area contributed by atoms with Gasteiger partial charge in [0.25, 0.3) is 0 Å². The molecule has 5 heteroatoms. The van der Waals surface area contributed by atoms with Gasteiger partial charge in [-0.1, -0.05) is 6.07 Å². The van der Waals surface area contributed by atoms with E-state index in [0.29, 0.717) is 12.3 Å². The molecule has 0 fully saturated rings.